The molecule has 0 saturated carbocycles. The van der Waals surface area contributed by atoms with E-state index in [2.05, 4.69) is 5.32 Å². The topological polar surface area (TPSA) is 81.4 Å². The fourth-order valence-corrected chi connectivity index (χ4v) is 1.73. The summed E-state index contributed by atoms with van der Waals surface area (Å²) in [5, 5.41) is 2.69. The zero-order valence-corrected chi connectivity index (χ0v) is 13.7. The molecule has 0 unspecified atom stereocenters. The normalized spacial score (nSPS) is 13.8. The van der Waals surface area contributed by atoms with E-state index in [1.54, 1.807) is 20.8 Å². The predicted octanol–water partition coefficient (Wildman–Crippen LogP) is 2.62. The van der Waals surface area contributed by atoms with Crippen molar-refractivity contribution in [1.82, 2.24) is 5.32 Å². The van der Waals surface area contributed by atoms with Crippen LogP contribution in [0.2, 0.25) is 0 Å². The third-order valence-electron chi connectivity index (χ3n) is 2.69. The van der Waals surface area contributed by atoms with Crippen molar-refractivity contribution in [1.29, 1.82) is 0 Å². The molecule has 1 amide bonds. The van der Waals surface area contributed by atoms with Crippen LogP contribution in [-0.2, 0) is 9.53 Å². The first-order valence-electron chi connectivity index (χ1n) is 7.21. The highest BCUT2D eigenvalue weighted by atomic mass is 16.6. The molecular formula is C15H30N2O3. The average molecular weight is 286 g/mol. The monoisotopic (exact) mass is 286 g/mol. The number of alkyl carbamates (subject to hydrolysis) is 1. The molecule has 0 aromatic rings. The standard InChI is InChI=1S/C15H30N2O3/c1-14(2,3)12(18)11(9-7-8-10-16)17-13(19)20-15(4,5)6/h11H,7-10,16H2,1-6H3,(H,17,19)/t11-/m0/s1. The van der Waals surface area contributed by atoms with Crippen molar-refractivity contribution in [2.75, 3.05) is 6.54 Å². The van der Waals surface area contributed by atoms with E-state index in [1.807, 2.05) is 20.8 Å². The minimum atomic E-state index is -0.573. The van der Waals surface area contributed by atoms with Crippen LogP contribution < -0.4 is 11.1 Å². The summed E-state index contributed by atoms with van der Waals surface area (Å²) in [6.45, 7) is 11.5. The van der Waals surface area contributed by atoms with Gasteiger partial charge in [0, 0.05) is 5.41 Å². The predicted molar refractivity (Wildman–Crippen MR) is 80.5 cm³/mol. The van der Waals surface area contributed by atoms with Crippen LogP contribution in [0, 0.1) is 5.41 Å². The van der Waals surface area contributed by atoms with E-state index in [9.17, 15) is 9.59 Å². The number of nitrogens with two attached hydrogens (primary N) is 1. The molecule has 5 heteroatoms. The van der Waals surface area contributed by atoms with Gasteiger partial charge in [-0.2, -0.15) is 0 Å². The Hall–Kier alpha value is -1.10. The van der Waals surface area contributed by atoms with Gasteiger partial charge in [0.1, 0.15) is 5.60 Å². The smallest absolute Gasteiger partial charge is 0.408 e. The third kappa shape index (κ3) is 8.15. The number of nitrogens with one attached hydrogen (secondary N) is 1. The van der Waals surface area contributed by atoms with Crippen molar-refractivity contribution < 1.29 is 14.3 Å². The second-order valence-corrected chi connectivity index (χ2v) is 7.10. The first kappa shape index (κ1) is 18.9. The average Bonchev–Trinajstić information content (AvgIpc) is 2.23. The Kier molecular flexibility index (Phi) is 7.20. The lowest BCUT2D eigenvalue weighted by molar-refractivity contribution is -0.128. The Balaban J connectivity index is 4.69. The zero-order chi connectivity index (χ0) is 16.0. The lowest BCUT2D eigenvalue weighted by atomic mass is 9.85. The van der Waals surface area contributed by atoms with Gasteiger partial charge in [-0.05, 0) is 46.6 Å². The molecule has 0 aromatic heterocycles. The fraction of sp³-hybridized carbons (Fsp3) is 0.867. The van der Waals surface area contributed by atoms with Crippen LogP contribution in [0.3, 0.4) is 0 Å². The summed E-state index contributed by atoms with van der Waals surface area (Å²) in [7, 11) is 0. The summed E-state index contributed by atoms with van der Waals surface area (Å²) in [4.78, 5) is 24.2. The van der Waals surface area contributed by atoms with Crippen LogP contribution >= 0.6 is 0 Å². The van der Waals surface area contributed by atoms with Crippen LogP contribution in [-0.4, -0.2) is 30.1 Å². The van der Waals surface area contributed by atoms with E-state index in [0.717, 1.165) is 12.8 Å². The van der Waals surface area contributed by atoms with Crippen molar-refractivity contribution >= 4 is 11.9 Å². The van der Waals surface area contributed by atoms with E-state index >= 15 is 0 Å². The molecule has 1 atom stereocenters. The summed E-state index contributed by atoms with van der Waals surface area (Å²) >= 11 is 0. The van der Waals surface area contributed by atoms with E-state index < -0.39 is 23.2 Å². The van der Waals surface area contributed by atoms with Crippen LogP contribution in [0.15, 0.2) is 0 Å². The summed E-state index contributed by atoms with van der Waals surface area (Å²) in [5.74, 6) is 0.0142. The molecule has 0 aliphatic carbocycles. The molecule has 0 aliphatic rings. The first-order chi connectivity index (χ1) is 8.97. The number of Topliss-reactive ketones (excluding diaryl/α,β-unsaturated/α-hetero) is 1. The number of rotatable bonds is 6. The maximum atomic E-state index is 12.4. The Bertz CT molecular complexity index is 327. The molecular weight excluding hydrogens is 256 g/mol. The van der Waals surface area contributed by atoms with Gasteiger partial charge in [-0.15, -0.1) is 0 Å². The van der Waals surface area contributed by atoms with Crippen LogP contribution in [0.1, 0.15) is 60.8 Å². The minimum absolute atomic E-state index is 0.0142. The van der Waals surface area contributed by atoms with E-state index in [1.165, 1.54) is 0 Å². The quantitative estimate of drug-likeness (QED) is 0.735. The van der Waals surface area contributed by atoms with Gasteiger partial charge in [0.2, 0.25) is 0 Å². The molecule has 0 aliphatic heterocycles. The molecule has 0 bridgehead atoms. The molecule has 118 valence electrons. The van der Waals surface area contributed by atoms with Gasteiger partial charge in [-0.3, -0.25) is 4.79 Å². The number of amides is 1. The third-order valence-corrected chi connectivity index (χ3v) is 2.69. The highest BCUT2D eigenvalue weighted by molar-refractivity contribution is 5.91. The second kappa shape index (κ2) is 7.62. The summed E-state index contributed by atoms with van der Waals surface area (Å²) in [6, 6.07) is -0.517. The van der Waals surface area contributed by atoms with Crippen LogP contribution in [0.25, 0.3) is 0 Å². The Morgan fingerprint density at radius 2 is 1.65 bits per heavy atom. The zero-order valence-electron chi connectivity index (χ0n) is 13.7. The molecule has 5 nitrogen and oxygen atoms in total. The van der Waals surface area contributed by atoms with Gasteiger partial charge in [-0.1, -0.05) is 20.8 Å². The van der Waals surface area contributed by atoms with Crippen molar-refractivity contribution in [3.8, 4) is 0 Å². The number of ether oxygens (including phenoxy) is 1. The second-order valence-electron chi connectivity index (χ2n) is 7.10. The van der Waals surface area contributed by atoms with Gasteiger partial charge in [0.05, 0.1) is 6.04 Å². The molecule has 0 aromatic carbocycles. The number of unbranched alkanes of at least 4 members (excludes halogenated alkanes) is 1. The van der Waals surface area contributed by atoms with E-state index in [-0.39, 0.29) is 5.78 Å². The van der Waals surface area contributed by atoms with Crippen LogP contribution in [0.5, 0.6) is 0 Å². The molecule has 3 N–H and O–H groups in total. The molecule has 0 saturated heterocycles. The lowest BCUT2D eigenvalue weighted by Gasteiger charge is -2.27. The SMILES string of the molecule is CC(C)(C)OC(=O)N[C@@H](CCCCN)C(=O)C(C)(C)C. The summed E-state index contributed by atoms with van der Waals surface area (Å²) < 4.78 is 5.21. The number of ketones is 1. The van der Waals surface area contributed by atoms with Gasteiger partial charge in [-0.25, -0.2) is 4.79 Å². The number of hydrogen-bond donors (Lipinski definition) is 2. The van der Waals surface area contributed by atoms with E-state index in [0.29, 0.717) is 13.0 Å². The van der Waals surface area contributed by atoms with Crippen molar-refractivity contribution in [3.63, 3.8) is 0 Å². The largest absolute Gasteiger partial charge is 0.444 e. The molecule has 20 heavy (non-hydrogen) atoms. The summed E-state index contributed by atoms with van der Waals surface area (Å²) in [6.07, 6.45) is 1.68. The van der Waals surface area contributed by atoms with Crippen molar-refractivity contribution in [2.45, 2.75) is 72.4 Å². The lowest BCUT2D eigenvalue weighted by Crippen LogP contribution is -2.47. The highest BCUT2D eigenvalue weighted by Gasteiger charge is 2.31. The summed E-state index contributed by atoms with van der Waals surface area (Å²) in [5.41, 5.74) is 4.39. The number of carbonyl (C=O) groups is 2. The molecule has 0 rings (SSSR count). The van der Waals surface area contributed by atoms with Gasteiger partial charge < -0.3 is 15.8 Å². The maximum Gasteiger partial charge on any atom is 0.408 e. The molecule has 0 fully saturated rings. The Morgan fingerprint density at radius 1 is 1.10 bits per heavy atom. The highest BCUT2D eigenvalue weighted by Crippen LogP contribution is 2.20. The molecule has 0 radical (unpaired) electrons. The van der Waals surface area contributed by atoms with Crippen molar-refractivity contribution in [2.24, 2.45) is 11.1 Å². The van der Waals surface area contributed by atoms with Gasteiger partial charge in [0.25, 0.3) is 0 Å². The van der Waals surface area contributed by atoms with Gasteiger partial charge in [0.15, 0.2) is 5.78 Å². The number of hydrogen-bond acceptors (Lipinski definition) is 4. The Labute approximate surface area is 122 Å². The van der Waals surface area contributed by atoms with Gasteiger partial charge >= 0.3 is 6.09 Å². The van der Waals surface area contributed by atoms with Crippen molar-refractivity contribution in [3.05, 3.63) is 0 Å². The maximum absolute atomic E-state index is 12.4. The molecule has 0 heterocycles. The number of carbonyl (C=O) groups excluding carboxylic acids is 2. The fourth-order valence-electron chi connectivity index (χ4n) is 1.73. The van der Waals surface area contributed by atoms with Crippen LogP contribution in [0.4, 0.5) is 4.79 Å². The first-order valence-corrected chi connectivity index (χ1v) is 7.21. The minimum Gasteiger partial charge on any atom is -0.444 e. The molecule has 0 spiro atoms. The Morgan fingerprint density at radius 3 is 2.05 bits per heavy atom. The van der Waals surface area contributed by atoms with E-state index in [4.69, 9.17) is 10.5 Å².